The molecule has 3 N–H and O–H groups in total. The molecule has 3 rings (SSSR count). The van der Waals surface area contributed by atoms with Crippen molar-refractivity contribution in [3.63, 3.8) is 0 Å². The molecule has 0 unspecified atom stereocenters. The lowest BCUT2D eigenvalue weighted by molar-refractivity contribution is 0.0571. The Bertz CT molecular complexity index is 501. The molecule has 0 atom stereocenters. The summed E-state index contributed by atoms with van der Waals surface area (Å²) in [5.74, 6) is 2.38. The van der Waals surface area contributed by atoms with Crippen LogP contribution in [0.2, 0.25) is 0 Å². The van der Waals surface area contributed by atoms with E-state index in [1.54, 1.807) is 6.33 Å². The molecule has 0 amide bonds. The van der Waals surface area contributed by atoms with Crippen molar-refractivity contribution in [3.8, 4) is 0 Å². The van der Waals surface area contributed by atoms with Crippen LogP contribution in [0.25, 0.3) is 0 Å². The maximum absolute atomic E-state index is 10.5. The van der Waals surface area contributed by atoms with Gasteiger partial charge in [0, 0.05) is 25.6 Å². The summed E-state index contributed by atoms with van der Waals surface area (Å²) in [6.07, 6.45) is 7.66. The first kappa shape index (κ1) is 16.2. The maximum Gasteiger partial charge on any atom is 0.194 e. The summed E-state index contributed by atoms with van der Waals surface area (Å²) in [4.78, 5) is 11.3. The molecule has 1 aromatic heterocycles. The second kappa shape index (κ2) is 7.29. The molecule has 2 heterocycles. The van der Waals surface area contributed by atoms with Gasteiger partial charge in [-0.1, -0.05) is 12.8 Å². The predicted octanol–water partition coefficient (Wildman–Crippen LogP) is 1.25. The first-order valence-electron chi connectivity index (χ1n) is 8.81. The summed E-state index contributed by atoms with van der Waals surface area (Å²) in [6, 6.07) is 0. The van der Waals surface area contributed by atoms with Gasteiger partial charge in [0.1, 0.15) is 12.2 Å². The van der Waals surface area contributed by atoms with E-state index in [4.69, 9.17) is 4.99 Å². The maximum atomic E-state index is 10.5. The van der Waals surface area contributed by atoms with Crippen LogP contribution in [0.3, 0.4) is 0 Å². The van der Waals surface area contributed by atoms with Gasteiger partial charge in [0.2, 0.25) is 0 Å². The SMILES string of the molecule is CCNC(=NCC1(O)CCCC1)N1CCC(c2ncn[nH]2)CC1. The third-order valence-corrected chi connectivity index (χ3v) is 5.01. The highest BCUT2D eigenvalue weighted by Gasteiger charge is 2.31. The first-order valence-corrected chi connectivity index (χ1v) is 8.81. The average Bonchev–Trinajstić information content (AvgIpc) is 3.24. The third kappa shape index (κ3) is 4.02. The molecule has 23 heavy (non-hydrogen) atoms. The lowest BCUT2D eigenvalue weighted by Gasteiger charge is -2.34. The fourth-order valence-electron chi connectivity index (χ4n) is 3.62. The van der Waals surface area contributed by atoms with Gasteiger partial charge in [-0.15, -0.1) is 0 Å². The van der Waals surface area contributed by atoms with Crippen molar-refractivity contribution >= 4 is 5.96 Å². The van der Waals surface area contributed by atoms with E-state index in [1.807, 2.05) is 0 Å². The van der Waals surface area contributed by atoms with Crippen molar-refractivity contribution in [2.45, 2.75) is 57.0 Å². The Labute approximate surface area is 137 Å². The zero-order valence-corrected chi connectivity index (χ0v) is 14.0. The van der Waals surface area contributed by atoms with Gasteiger partial charge in [-0.3, -0.25) is 10.1 Å². The normalized spacial score (nSPS) is 22.5. The fraction of sp³-hybridized carbons (Fsp3) is 0.812. The van der Waals surface area contributed by atoms with Crippen LogP contribution >= 0.6 is 0 Å². The highest BCUT2D eigenvalue weighted by Crippen LogP contribution is 2.30. The number of H-pyrrole nitrogens is 1. The van der Waals surface area contributed by atoms with E-state index in [9.17, 15) is 5.11 Å². The number of piperidine rings is 1. The molecular weight excluding hydrogens is 292 g/mol. The number of rotatable bonds is 4. The fourth-order valence-corrected chi connectivity index (χ4v) is 3.62. The number of aromatic nitrogens is 3. The first-order chi connectivity index (χ1) is 11.2. The molecule has 1 saturated carbocycles. The summed E-state index contributed by atoms with van der Waals surface area (Å²) in [6.45, 7) is 5.35. The van der Waals surface area contributed by atoms with Crippen LogP contribution in [0, 0.1) is 0 Å². The van der Waals surface area contributed by atoms with E-state index in [-0.39, 0.29) is 0 Å². The largest absolute Gasteiger partial charge is 0.388 e. The van der Waals surface area contributed by atoms with E-state index in [0.717, 1.165) is 69.9 Å². The lowest BCUT2D eigenvalue weighted by Crippen LogP contribution is -2.46. The Hall–Kier alpha value is -1.63. The van der Waals surface area contributed by atoms with Crippen LogP contribution < -0.4 is 5.32 Å². The second-order valence-corrected chi connectivity index (χ2v) is 6.73. The molecule has 0 bridgehead atoms. The Morgan fingerprint density at radius 2 is 2.17 bits per heavy atom. The molecule has 2 aliphatic rings. The molecule has 2 fully saturated rings. The minimum atomic E-state index is -0.584. The zero-order valence-electron chi connectivity index (χ0n) is 14.0. The summed E-state index contributed by atoms with van der Waals surface area (Å²) in [5.41, 5.74) is -0.584. The van der Waals surface area contributed by atoms with E-state index < -0.39 is 5.60 Å². The second-order valence-electron chi connectivity index (χ2n) is 6.73. The molecule has 1 saturated heterocycles. The molecule has 1 aromatic rings. The summed E-state index contributed by atoms with van der Waals surface area (Å²) in [5, 5.41) is 20.8. The summed E-state index contributed by atoms with van der Waals surface area (Å²) < 4.78 is 0. The van der Waals surface area contributed by atoms with Crippen molar-refractivity contribution in [1.82, 2.24) is 25.4 Å². The highest BCUT2D eigenvalue weighted by molar-refractivity contribution is 5.80. The summed E-state index contributed by atoms with van der Waals surface area (Å²) >= 11 is 0. The van der Waals surface area contributed by atoms with Gasteiger partial charge in [-0.05, 0) is 32.6 Å². The van der Waals surface area contributed by atoms with Gasteiger partial charge in [-0.25, -0.2) is 4.98 Å². The monoisotopic (exact) mass is 320 g/mol. The number of hydrogen-bond acceptors (Lipinski definition) is 4. The number of hydrogen-bond donors (Lipinski definition) is 3. The predicted molar refractivity (Wildman–Crippen MR) is 89.3 cm³/mol. The van der Waals surface area contributed by atoms with E-state index in [0.29, 0.717) is 12.5 Å². The number of likely N-dealkylation sites (tertiary alicyclic amines) is 1. The standard InChI is InChI=1S/C16H28N6O/c1-2-17-15(18-11-16(23)7-3-4-8-16)22-9-5-13(6-10-22)14-19-12-20-21-14/h12-13,23H,2-11H2,1H3,(H,17,18)(H,19,20,21). The number of nitrogens with one attached hydrogen (secondary N) is 2. The number of aliphatic hydroxyl groups is 1. The van der Waals surface area contributed by atoms with Crippen LogP contribution in [-0.4, -0.2) is 62.9 Å². The molecule has 1 aliphatic carbocycles. The van der Waals surface area contributed by atoms with Crippen molar-refractivity contribution in [3.05, 3.63) is 12.2 Å². The van der Waals surface area contributed by atoms with Crippen LogP contribution in [0.15, 0.2) is 11.3 Å². The number of guanidine groups is 1. The molecule has 0 spiro atoms. The Morgan fingerprint density at radius 3 is 2.78 bits per heavy atom. The van der Waals surface area contributed by atoms with Crippen molar-refractivity contribution in [2.24, 2.45) is 4.99 Å². The van der Waals surface area contributed by atoms with Crippen molar-refractivity contribution in [1.29, 1.82) is 0 Å². The Balaban J connectivity index is 1.58. The van der Waals surface area contributed by atoms with Crippen LogP contribution in [0.4, 0.5) is 0 Å². The van der Waals surface area contributed by atoms with E-state index in [1.165, 1.54) is 0 Å². The Morgan fingerprint density at radius 1 is 1.43 bits per heavy atom. The van der Waals surface area contributed by atoms with E-state index >= 15 is 0 Å². The molecule has 1 aliphatic heterocycles. The number of aliphatic imine (C=N–C) groups is 1. The zero-order chi connectivity index (χ0) is 16.1. The van der Waals surface area contributed by atoms with Gasteiger partial charge < -0.3 is 15.3 Å². The molecular formula is C16H28N6O. The minimum Gasteiger partial charge on any atom is -0.388 e. The molecule has 0 radical (unpaired) electrons. The van der Waals surface area contributed by atoms with Crippen LogP contribution in [0.5, 0.6) is 0 Å². The third-order valence-electron chi connectivity index (χ3n) is 5.01. The summed E-state index contributed by atoms with van der Waals surface area (Å²) in [7, 11) is 0. The molecule has 7 heteroatoms. The van der Waals surface area contributed by atoms with Gasteiger partial charge >= 0.3 is 0 Å². The number of nitrogens with zero attached hydrogens (tertiary/aromatic N) is 4. The van der Waals surface area contributed by atoms with Crippen molar-refractivity contribution < 1.29 is 5.11 Å². The van der Waals surface area contributed by atoms with Gasteiger partial charge in [-0.2, -0.15) is 5.10 Å². The van der Waals surface area contributed by atoms with Crippen molar-refractivity contribution in [2.75, 3.05) is 26.2 Å². The molecule has 0 aromatic carbocycles. The van der Waals surface area contributed by atoms with Gasteiger partial charge in [0.05, 0.1) is 12.1 Å². The quantitative estimate of drug-likeness (QED) is 0.574. The van der Waals surface area contributed by atoms with Crippen LogP contribution in [0.1, 0.15) is 57.2 Å². The van der Waals surface area contributed by atoms with Gasteiger partial charge in [0.15, 0.2) is 5.96 Å². The minimum absolute atomic E-state index is 0.454. The van der Waals surface area contributed by atoms with E-state index in [2.05, 4.69) is 32.3 Å². The highest BCUT2D eigenvalue weighted by atomic mass is 16.3. The van der Waals surface area contributed by atoms with Crippen LogP contribution in [-0.2, 0) is 0 Å². The topological polar surface area (TPSA) is 89.4 Å². The Kier molecular flexibility index (Phi) is 5.15. The lowest BCUT2D eigenvalue weighted by atomic mass is 9.96. The molecule has 7 nitrogen and oxygen atoms in total. The molecule has 128 valence electrons. The average molecular weight is 320 g/mol. The smallest absolute Gasteiger partial charge is 0.194 e. The number of aromatic amines is 1. The van der Waals surface area contributed by atoms with Gasteiger partial charge in [0.25, 0.3) is 0 Å².